The van der Waals surface area contributed by atoms with E-state index < -0.39 is 0 Å². The molecule has 1 saturated carbocycles. The SMILES string of the molecule is Cn1ncc(O)c1C1CCCCCC1. The van der Waals surface area contributed by atoms with Gasteiger partial charge >= 0.3 is 0 Å². The van der Waals surface area contributed by atoms with E-state index in [0.29, 0.717) is 11.7 Å². The van der Waals surface area contributed by atoms with Gasteiger partial charge in [-0.15, -0.1) is 0 Å². The van der Waals surface area contributed by atoms with Crippen LogP contribution in [0.5, 0.6) is 5.75 Å². The summed E-state index contributed by atoms with van der Waals surface area (Å²) in [6.07, 6.45) is 9.22. The predicted octanol–water partition coefficient (Wildman–Crippen LogP) is 2.56. The maximum atomic E-state index is 9.69. The number of aryl methyl sites for hydroxylation is 1. The molecule has 3 heteroatoms. The maximum absolute atomic E-state index is 9.69. The van der Waals surface area contributed by atoms with Gasteiger partial charge in [-0.25, -0.2) is 0 Å². The molecular weight excluding hydrogens is 176 g/mol. The van der Waals surface area contributed by atoms with Crippen LogP contribution in [0, 0.1) is 0 Å². The third-order valence-electron chi connectivity index (χ3n) is 3.21. The lowest BCUT2D eigenvalue weighted by molar-refractivity contribution is 0.445. The first-order chi connectivity index (χ1) is 6.79. The predicted molar refractivity (Wildman–Crippen MR) is 55.3 cm³/mol. The zero-order chi connectivity index (χ0) is 9.97. The Balaban J connectivity index is 2.19. The second kappa shape index (κ2) is 4.03. The summed E-state index contributed by atoms with van der Waals surface area (Å²) in [5, 5.41) is 13.8. The van der Waals surface area contributed by atoms with Crippen LogP contribution in [0.3, 0.4) is 0 Å². The molecule has 0 spiro atoms. The van der Waals surface area contributed by atoms with E-state index >= 15 is 0 Å². The molecular formula is C11H18N2O. The fourth-order valence-corrected chi connectivity index (χ4v) is 2.46. The zero-order valence-electron chi connectivity index (χ0n) is 8.74. The van der Waals surface area contributed by atoms with Gasteiger partial charge in [0.1, 0.15) is 0 Å². The largest absolute Gasteiger partial charge is 0.504 e. The van der Waals surface area contributed by atoms with Gasteiger partial charge in [-0.1, -0.05) is 25.7 Å². The van der Waals surface area contributed by atoms with Crippen molar-refractivity contribution in [2.45, 2.75) is 44.4 Å². The second-order valence-electron chi connectivity index (χ2n) is 4.23. The average Bonchev–Trinajstić information content (AvgIpc) is 2.45. The lowest BCUT2D eigenvalue weighted by Crippen LogP contribution is -2.05. The Bertz CT molecular complexity index is 279. The van der Waals surface area contributed by atoms with Crippen LogP contribution in [0.1, 0.15) is 50.1 Å². The van der Waals surface area contributed by atoms with Gasteiger partial charge < -0.3 is 5.11 Å². The average molecular weight is 194 g/mol. The minimum atomic E-state index is 0.374. The highest BCUT2D eigenvalue weighted by Gasteiger charge is 2.20. The van der Waals surface area contributed by atoms with E-state index in [1.54, 1.807) is 6.20 Å². The van der Waals surface area contributed by atoms with E-state index in [9.17, 15) is 5.11 Å². The van der Waals surface area contributed by atoms with Gasteiger partial charge in [0.05, 0.1) is 11.9 Å². The molecule has 1 aromatic rings. The van der Waals surface area contributed by atoms with E-state index in [4.69, 9.17) is 0 Å². The van der Waals surface area contributed by atoms with Gasteiger partial charge in [-0.05, 0) is 12.8 Å². The normalized spacial score (nSPS) is 19.5. The molecule has 2 rings (SSSR count). The first-order valence-electron chi connectivity index (χ1n) is 5.50. The Morgan fingerprint density at radius 1 is 1.29 bits per heavy atom. The van der Waals surface area contributed by atoms with Gasteiger partial charge in [-0.3, -0.25) is 4.68 Å². The number of aromatic hydroxyl groups is 1. The zero-order valence-corrected chi connectivity index (χ0v) is 8.74. The van der Waals surface area contributed by atoms with Gasteiger partial charge in [0, 0.05) is 13.0 Å². The highest BCUT2D eigenvalue weighted by atomic mass is 16.3. The number of hydrogen-bond donors (Lipinski definition) is 1. The van der Waals surface area contributed by atoms with Gasteiger partial charge in [0.2, 0.25) is 0 Å². The van der Waals surface area contributed by atoms with E-state index in [1.807, 2.05) is 11.7 Å². The summed E-state index contributed by atoms with van der Waals surface area (Å²) in [5.41, 5.74) is 1.03. The lowest BCUT2D eigenvalue weighted by Gasteiger charge is -2.14. The van der Waals surface area contributed by atoms with Crippen molar-refractivity contribution in [1.29, 1.82) is 0 Å². The summed E-state index contributed by atoms with van der Waals surface area (Å²) in [5.74, 6) is 0.893. The van der Waals surface area contributed by atoms with E-state index in [2.05, 4.69) is 5.10 Å². The van der Waals surface area contributed by atoms with E-state index in [1.165, 1.54) is 38.5 Å². The maximum Gasteiger partial charge on any atom is 0.157 e. The molecule has 0 atom stereocenters. The monoisotopic (exact) mass is 194 g/mol. The molecule has 0 bridgehead atoms. The fraction of sp³-hybridized carbons (Fsp3) is 0.727. The van der Waals surface area contributed by atoms with Crippen molar-refractivity contribution in [1.82, 2.24) is 9.78 Å². The summed E-state index contributed by atoms with van der Waals surface area (Å²) in [7, 11) is 1.92. The molecule has 0 radical (unpaired) electrons. The van der Waals surface area contributed by atoms with E-state index in [-0.39, 0.29) is 0 Å². The summed E-state index contributed by atoms with van der Waals surface area (Å²) in [6, 6.07) is 0. The summed E-state index contributed by atoms with van der Waals surface area (Å²) in [4.78, 5) is 0. The number of nitrogens with zero attached hydrogens (tertiary/aromatic N) is 2. The van der Waals surface area contributed by atoms with Crippen molar-refractivity contribution < 1.29 is 5.11 Å². The van der Waals surface area contributed by atoms with Crippen LogP contribution in [-0.4, -0.2) is 14.9 Å². The summed E-state index contributed by atoms with van der Waals surface area (Å²) < 4.78 is 1.82. The molecule has 1 aliphatic rings. The number of hydrogen-bond acceptors (Lipinski definition) is 2. The van der Waals surface area contributed by atoms with Crippen LogP contribution in [0.2, 0.25) is 0 Å². The van der Waals surface area contributed by atoms with Crippen molar-refractivity contribution in [2.75, 3.05) is 0 Å². The first-order valence-corrected chi connectivity index (χ1v) is 5.50. The third kappa shape index (κ3) is 1.76. The van der Waals surface area contributed by atoms with Crippen molar-refractivity contribution in [3.8, 4) is 5.75 Å². The van der Waals surface area contributed by atoms with Crippen LogP contribution in [0.15, 0.2) is 6.20 Å². The van der Waals surface area contributed by atoms with E-state index in [0.717, 1.165) is 5.69 Å². The molecule has 78 valence electrons. The lowest BCUT2D eigenvalue weighted by atomic mass is 9.96. The minimum Gasteiger partial charge on any atom is -0.504 e. The number of aromatic nitrogens is 2. The van der Waals surface area contributed by atoms with Crippen molar-refractivity contribution in [2.24, 2.45) is 7.05 Å². The van der Waals surface area contributed by atoms with Crippen LogP contribution in [0.25, 0.3) is 0 Å². The number of rotatable bonds is 1. The highest BCUT2D eigenvalue weighted by molar-refractivity contribution is 5.26. The minimum absolute atomic E-state index is 0.374. The smallest absolute Gasteiger partial charge is 0.157 e. The van der Waals surface area contributed by atoms with Crippen LogP contribution in [-0.2, 0) is 7.05 Å². The molecule has 0 unspecified atom stereocenters. The Morgan fingerprint density at radius 2 is 1.93 bits per heavy atom. The first kappa shape index (κ1) is 9.56. The van der Waals surface area contributed by atoms with Crippen LogP contribution >= 0.6 is 0 Å². The molecule has 1 heterocycles. The molecule has 1 aliphatic carbocycles. The summed E-state index contributed by atoms with van der Waals surface area (Å²) in [6.45, 7) is 0. The molecule has 1 aromatic heterocycles. The second-order valence-corrected chi connectivity index (χ2v) is 4.23. The van der Waals surface area contributed by atoms with Gasteiger partial charge in [-0.2, -0.15) is 5.10 Å². The van der Waals surface area contributed by atoms with Crippen molar-refractivity contribution in [3.63, 3.8) is 0 Å². The summed E-state index contributed by atoms with van der Waals surface area (Å²) >= 11 is 0. The van der Waals surface area contributed by atoms with Crippen molar-refractivity contribution >= 4 is 0 Å². The van der Waals surface area contributed by atoms with Gasteiger partial charge in [0.15, 0.2) is 5.75 Å². The van der Waals surface area contributed by atoms with Crippen LogP contribution < -0.4 is 0 Å². The molecule has 1 N–H and O–H groups in total. The van der Waals surface area contributed by atoms with Crippen molar-refractivity contribution in [3.05, 3.63) is 11.9 Å². The Morgan fingerprint density at radius 3 is 2.43 bits per heavy atom. The molecule has 0 aromatic carbocycles. The molecule has 0 amide bonds. The highest BCUT2D eigenvalue weighted by Crippen LogP contribution is 2.35. The Kier molecular flexibility index (Phi) is 2.75. The molecule has 3 nitrogen and oxygen atoms in total. The van der Waals surface area contributed by atoms with Crippen LogP contribution in [0.4, 0.5) is 0 Å². The fourth-order valence-electron chi connectivity index (χ4n) is 2.46. The molecule has 14 heavy (non-hydrogen) atoms. The Hall–Kier alpha value is -0.990. The third-order valence-corrected chi connectivity index (χ3v) is 3.21. The van der Waals surface area contributed by atoms with Gasteiger partial charge in [0.25, 0.3) is 0 Å². The molecule has 0 saturated heterocycles. The molecule has 1 fully saturated rings. The Labute approximate surface area is 84.7 Å². The quantitative estimate of drug-likeness (QED) is 0.698. The standard InChI is InChI=1S/C11H18N2O/c1-13-11(10(14)8-12-13)9-6-4-2-3-5-7-9/h8-9,14H,2-7H2,1H3. The molecule has 0 aliphatic heterocycles. The topological polar surface area (TPSA) is 38.0 Å².